The second kappa shape index (κ2) is 7.24. The number of hydrogen-bond acceptors (Lipinski definition) is 2. The summed E-state index contributed by atoms with van der Waals surface area (Å²) in [6, 6.07) is 0. The molecular weight excluding hydrogens is 174 g/mol. The first-order chi connectivity index (χ1) is 6.70. The second-order valence-corrected chi connectivity index (χ2v) is 3.92. The molecule has 0 aromatic rings. The standard InChI is InChI=1S/C10H21NO.C2H6/c1-4-6-10(3)9-11(5-2)7-8-12-10;1-2/h4-9H2,1-3H3;1-2H3. The molecule has 0 aromatic heterocycles. The van der Waals surface area contributed by atoms with Gasteiger partial charge < -0.3 is 4.74 Å². The zero-order chi connectivity index (χ0) is 11.0. The summed E-state index contributed by atoms with van der Waals surface area (Å²) in [5.41, 5.74) is 0.128. The molecule has 1 atom stereocenters. The normalized spacial score (nSPS) is 28.1. The van der Waals surface area contributed by atoms with Gasteiger partial charge in [-0.1, -0.05) is 34.1 Å². The van der Waals surface area contributed by atoms with Crippen LogP contribution in [-0.2, 0) is 4.74 Å². The van der Waals surface area contributed by atoms with Crippen LogP contribution in [0, 0.1) is 0 Å². The molecule has 1 aliphatic heterocycles. The lowest BCUT2D eigenvalue weighted by Gasteiger charge is -2.40. The van der Waals surface area contributed by atoms with E-state index in [4.69, 9.17) is 4.74 Å². The first-order valence-electron chi connectivity index (χ1n) is 6.06. The second-order valence-electron chi connectivity index (χ2n) is 3.92. The van der Waals surface area contributed by atoms with Gasteiger partial charge in [0.15, 0.2) is 0 Å². The molecule has 1 aliphatic rings. The molecule has 0 bridgehead atoms. The largest absolute Gasteiger partial charge is 0.373 e. The fraction of sp³-hybridized carbons (Fsp3) is 1.00. The quantitative estimate of drug-likeness (QED) is 0.696. The van der Waals surface area contributed by atoms with Crippen molar-refractivity contribution >= 4 is 0 Å². The van der Waals surface area contributed by atoms with Crippen LogP contribution in [0.25, 0.3) is 0 Å². The van der Waals surface area contributed by atoms with E-state index in [9.17, 15) is 0 Å². The lowest BCUT2D eigenvalue weighted by atomic mass is 9.98. The summed E-state index contributed by atoms with van der Waals surface area (Å²) in [6.45, 7) is 15.0. The molecule has 1 rings (SSSR count). The molecule has 1 fully saturated rings. The monoisotopic (exact) mass is 201 g/mol. The van der Waals surface area contributed by atoms with Gasteiger partial charge in [0.05, 0.1) is 12.2 Å². The van der Waals surface area contributed by atoms with E-state index >= 15 is 0 Å². The molecule has 0 N–H and O–H groups in total. The Bertz CT molecular complexity index is 134. The van der Waals surface area contributed by atoms with Crippen LogP contribution in [0.2, 0.25) is 0 Å². The Balaban J connectivity index is 0.000000791. The molecule has 0 amide bonds. The van der Waals surface area contributed by atoms with Crippen molar-refractivity contribution in [1.82, 2.24) is 4.90 Å². The minimum absolute atomic E-state index is 0.128. The summed E-state index contributed by atoms with van der Waals surface area (Å²) in [5, 5.41) is 0. The number of nitrogens with zero attached hydrogens (tertiary/aromatic N) is 1. The molecule has 1 heterocycles. The number of morpholine rings is 1. The van der Waals surface area contributed by atoms with Gasteiger partial charge in [-0.05, 0) is 19.9 Å². The Morgan fingerprint density at radius 2 is 1.93 bits per heavy atom. The van der Waals surface area contributed by atoms with E-state index in [2.05, 4.69) is 25.7 Å². The van der Waals surface area contributed by atoms with Gasteiger partial charge in [-0.3, -0.25) is 4.90 Å². The van der Waals surface area contributed by atoms with E-state index in [0.29, 0.717) is 0 Å². The maximum atomic E-state index is 5.80. The number of ether oxygens (including phenoxy) is 1. The minimum atomic E-state index is 0.128. The molecule has 1 unspecified atom stereocenters. The third-order valence-electron chi connectivity index (χ3n) is 2.64. The molecule has 86 valence electrons. The average Bonchev–Trinajstić information content (AvgIpc) is 2.21. The fourth-order valence-corrected chi connectivity index (χ4v) is 1.97. The van der Waals surface area contributed by atoms with Gasteiger partial charge >= 0.3 is 0 Å². The first kappa shape index (κ1) is 13.9. The molecule has 2 heteroatoms. The Labute approximate surface area is 89.6 Å². The van der Waals surface area contributed by atoms with Gasteiger partial charge in [0.1, 0.15) is 0 Å². The van der Waals surface area contributed by atoms with Crippen LogP contribution in [0.15, 0.2) is 0 Å². The van der Waals surface area contributed by atoms with Crippen LogP contribution >= 0.6 is 0 Å². The first-order valence-corrected chi connectivity index (χ1v) is 6.06. The van der Waals surface area contributed by atoms with E-state index in [1.165, 1.54) is 12.8 Å². The van der Waals surface area contributed by atoms with Crippen molar-refractivity contribution in [2.45, 2.75) is 53.1 Å². The molecule has 2 nitrogen and oxygen atoms in total. The zero-order valence-electron chi connectivity index (χ0n) is 10.6. The summed E-state index contributed by atoms with van der Waals surface area (Å²) in [7, 11) is 0. The molecule has 0 spiro atoms. The predicted octanol–water partition coefficient (Wildman–Crippen LogP) is 2.92. The van der Waals surface area contributed by atoms with E-state index in [1.807, 2.05) is 13.8 Å². The smallest absolute Gasteiger partial charge is 0.0781 e. The van der Waals surface area contributed by atoms with Crippen molar-refractivity contribution in [2.24, 2.45) is 0 Å². The van der Waals surface area contributed by atoms with E-state index < -0.39 is 0 Å². The van der Waals surface area contributed by atoms with Gasteiger partial charge in [-0.15, -0.1) is 0 Å². The van der Waals surface area contributed by atoms with Gasteiger partial charge in [0, 0.05) is 13.1 Å². The lowest BCUT2D eigenvalue weighted by molar-refractivity contribution is -0.101. The summed E-state index contributed by atoms with van der Waals surface area (Å²) < 4.78 is 5.80. The Morgan fingerprint density at radius 1 is 1.29 bits per heavy atom. The van der Waals surface area contributed by atoms with Crippen LogP contribution in [-0.4, -0.2) is 36.7 Å². The predicted molar refractivity (Wildman–Crippen MR) is 62.7 cm³/mol. The lowest BCUT2D eigenvalue weighted by Crippen LogP contribution is -2.49. The third kappa shape index (κ3) is 4.43. The van der Waals surface area contributed by atoms with Crippen molar-refractivity contribution in [3.8, 4) is 0 Å². The van der Waals surface area contributed by atoms with Gasteiger partial charge in [-0.25, -0.2) is 0 Å². The van der Waals surface area contributed by atoms with Crippen LogP contribution in [0.4, 0.5) is 0 Å². The Hall–Kier alpha value is -0.0800. The Morgan fingerprint density at radius 3 is 2.43 bits per heavy atom. The van der Waals surface area contributed by atoms with Crippen LogP contribution in [0.1, 0.15) is 47.5 Å². The summed E-state index contributed by atoms with van der Waals surface area (Å²) >= 11 is 0. The van der Waals surface area contributed by atoms with Crippen LogP contribution in [0.5, 0.6) is 0 Å². The summed E-state index contributed by atoms with van der Waals surface area (Å²) in [4.78, 5) is 2.47. The average molecular weight is 201 g/mol. The molecule has 14 heavy (non-hydrogen) atoms. The molecule has 0 radical (unpaired) electrons. The molecule has 1 saturated heterocycles. The highest BCUT2D eigenvalue weighted by Gasteiger charge is 2.30. The molecule has 0 aliphatic carbocycles. The molecular formula is C12H27NO. The molecule has 0 aromatic carbocycles. The van der Waals surface area contributed by atoms with Crippen molar-refractivity contribution in [3.05, 3.63) is 0 Å². The minimum Gasteiger partial charge on any atom is -0.373 e. The third-order valence-corrected chi connectivity index (χ3v) is 2.64. The van der Waals surface area contributed by atoms with E-state index in [1.54, 1.807) is 0 Å². The Kier molecular flexibility index (Phi) is 7.20. The zero-order valence-corrected chi connectivity index (χ0v) is 10.6. The number of likely N-dealkylation sites (N-methyl/N-ethyl adjacent to an activating group) is 1. The van der Waals surface area contributed by atoms with E-state index in [0.717, 1.165) is 26.2 Å². The highest BCUT2D eigenvalue weighted by atomic mass is 16.5. The topological polar surface area (TPSA) is 12.5 Å². The van der Waals surface area contributed by atoms with Crippen molar-refractivity contribution in [3.63, 3.8) is 0 Å². The highest BCUT2D eigenvalue weighted by molar-refractivity contribution is 4.82. The van der Waals surface area contributed by atoms with Crippen molar-refractivity contribution in [1.29, 1.82) is 0 Å². The van der Waals surface area contributed by atoms with E-state index in [-0.39, 0.29) is 5.60 Å². The maximum absolute atomic E-state index is 5.80. The fourth-order valence-electron chi connectivity index (χ4n) is 1.97. The summed E-state index contributed by atoms with van der Waals surface area (Å²) in [5.74, 6) is 0. The van der Waals surface area contributed by atoms with Gasteiger partial charge in [0.2, 0.25) is 0 Å². The summed E-state index contributed by atoms with van der Waals surface area (Å²) in [6.07, 6.45) is 2.40. The van der Waals surface area contributed by atoms with Gasteiger partial charge in [-0.2, -0.15) is 0 Å². The van der Waals surface area contributed by atoms with Crippen LogP contribution in [0.3, 0.4) is 0 Å². The number of rotatable bonds is 3. The number of hydrogen-bond donors (Lipinski definition) is 0. The van der Waals surface area contributed by atoms with Gasteiger partial charge in [0.25, 0.3) is 0 Å². The maximum Gasteiger partial charge on any atom is 0.0781 e. The van der Waals surface area contributed by atoms with Crippen molar-refractivity contribution in [2.75, 3.05) is 26.2 Å². The van der Waals surface area contributed by atoms with Crippen LogP contribution < -0.4 is 0 Å². The molecule has 0 saturated carbocycles. The highest BCUT2D eigenvalue weighted by Crippen LogP contribution is 2.22. The SMILES string of the molecule is CC.CCCC1(C)CN(CC)CCO1. The van der Waals surface area contributed by atoms with Crippen molar-refractivity contribution < 1.29 is 4.74 Å².